The lowest BCUT2D eigenvalue weighted by Crippen LogP contribution is -2.05. The minimum atomic E-state index is -0.113. The Morgan fingerprint density at radius 2 is 1.67 bits per heavy atom. The van der Waals surface area contributed by atoms with Crippen molar-refractivity contribution in [1.29, 1.82) is 5.26 Å². The van der Waals surface area contributed by atoms with Gasteiger partial charge in [0.15, 0.2) is 0 Å². The van der Waals surface area contributed by atoms with E-state index in [4.69, 9.17) is 4.74 Å². The van der Waals surface area contributed by atoms with E-state index in [2.05, 4.69) is 39.0 Å². The van der Waals surface area contributed by atoms with Crippen LogP contribution in [0, 0.1) is 32.1 Å². The summed E-state index contributed by atoms with van der Waals surface area (Å²) in [5, 5.41) is 9.31. The summed E-state index contributed by atoms with van der Waals surface area (Å²) in [6.45, 7) is 6.80. The zero-order valence-corrected chi connectivity index (χ0v) is 12.9. The van der Waals surface area contributed by atoms with Gasteiger partial charge in [0.25, 0.3) is 0 Å². The molecule has 2 aromatic rings. The summed E-state index contributed by atoms with van der Waals surface area (Å²) in [5.74, 6) is 0.806. The summed E-state index contributed by atoms with van der Waals surface area (Å²) in [6.07, 6.45) is 0.701. The Hall–Kier alpha value is -2.27. The minimum Gasteiger partial charge on any atom is -0.493 e. The molecule has 0 aliphatic heterocycles. The van der Waals surface area contributed by atoms with Crippen molar-refractivity contribution in [3.05, 3.63) is 64.7 Å². The van der Waals surface area contributed by atoms with E-state index < -0.39 is 0 Å². The third-order valence-electron chi connectivity index (χ3n) is 3.81. The summed E-state index contributed by atoms with van der Waals surface area (Å²) >= 11 is 0. The number of nitriles is 1. The van der Waals surface area contributed by atoms with Crippen LogP contribution in [0.1, 0.15) is 34.6 Å². The lowest BCUT2D eigenvalue weighted by atomic mass is 9.98. The Morgan fingerprint density at radius 3 is 2.33 bits per heavy atom. The third-order valence-corrected chi connectivity index (χ3v) is 3.81. The molecule has 0 saturated heterocycles. The van der Waals surface area contributed by atoms with E-state index in [9.17, 15) is 5.26 Å². The van der Waals surface area contributed by atoms with Crippen molar-refractivity contribution in [3.8, 4) is 11.8 Å². The molecule has 0 N–H and O–H groups in total. The molecule has 0 amide bonds. The highest BCUT2D eigenvalue weighted by Crippen LogP contribution is 2.24. The molecular weight excluding hydrogens is 258 g/mol. The maximum absolute atomic E-state index is 9.31. The van der Waals surface area contributed by atoms with Gasteiger partial charge in [-0.3, -0.25) is 0 Å². The second-order valence-electron chi connectivity index (χ2n) is 5.43. The summed E-state index contributed by atoms with van der Waals surface area (Å²) in [7, 11) is 0. The highest BCUT2D eigenvalue weighted by Gasteiger charge is 2.11. The number of hydrogen-bond acceptors (Lipinski definition) is 2. The molecule has 0 aliphatic rings. The predicted octanol–water partition coefficient (Wildman–Crippen LogP) is 4.69. The predicted molar refractivity (Wildman–Crippen MR) is 85.6 cm³/mol. The number of benzene rings is 2. The minimum absolute atomic E-state index is 0.113. The molecule has 21 heavy (non-hydrogen) atoms. The molecule has 2 heteroatoms. The average molecular weight is 279 g/mol. The number of rotatable bonds is 5. The van der Waals surface area contributed by atoms with Crippen molar-refractivity contribution in [2.45, 2.75) is 33.1 Å². The lowest BCUT2D eigenvalue weighted by Gasteiger charge is -2.14. The summed E-state index contributed by atoms with van der Waals surface area (Å²) < 4.78 is 5.88. The van der Waals surface area contributed by atoms with Crippen molar-refractivity contribution in [3.63, 3.8) is 0 Å². The fourth-order valence-electron chi connectivity index (χ4n) is 2.37. The van der Waals surface area contributed by atoms with Crippen LogP contribution in [0.2, 0.25) is 0 Å². The van der Waals surface area contributed by atoms with E-state index in [-0.39, 0.29) is 5.92 Å². The molecule has 0 fully saturated rings. The van der Waals surface area contributed by atoms with Crippen molar-refractivity contribution in [2.75, 3.05) is 6.61 Å². The van der Waals surface area contributed by atoms with Gasteiger partial charge in [0.2, 0.25) is 0 Å². The fourth-order valence-corrected chi connectivity index (χ4v) is 2.37. The monoisotopic (exact) mass is 279 g/mol. The molecule has 0 spiro atoms. The number of hydrogen-bond donors (Lipinski definition) is 0. The zero-order chi connectivity index (χ0) is 15.2. The van der Waals surface area contributed by atoms with Gasteiger partial charge >= 0.3 is 0 Å². The molecule has 0 bridgehead atoms. The quantitative estimate of drug-likeness (QED) is 0.795. The molecule has 2 rings (SSSR count). The third kappa shape index (κ3) is 3.86. The SMILES string of the molecule is Cc1cc(C)c(OCCC(C#N)c2ccccc2)cc1C. The van der Waals surface area contributed by atoms with E-state index >= 15 is 0 Å². The van der Waals surface area contributed by atoms with Gasteiger partial charge < -0.3 is 4.74 Å². The molecule has 0 aliphatic carbocycles. The van der Waals surface area contributed by atoms with Crippen LogP contribution in [0.15, 0.2) is 42.5 Å². The average Bonchev–Trinajstić information content (AvgIpc) is 2.49. The number of nitrogens with zero attached hydrogens (tertiary/aromatic N) is 1. The van der Waals surface area contributed by atoms with Crippen LogP contribution in [0.5, 0.6) is 5.75 Å². The van der Waals surface area contributed by atoms with E-state index in [1.54, 1.807) is 0 Å². The maximum atomic E-state index is 9.31. The second kappa shape index (κ2) is 6.95. The molecule has 0 saturated carbocycles. The standard InChI is InChI=1S/C19H21NO/c1-14-11-16(3)19(12-15(14)2)21-10-9-18(13-20)17-7-5-4-6-8-17/h4-8,11-12,18H,9-10H2,1-3H3. The van der Waals surface area contributed by atoms with Crippen LogP contribution in [-0.2, 0) is 0 Å². The number of aryl methyl sites for hydroxylation is 3. The van der Waals surface area contributed by atoms with E-state index in [0.717, 1.165) is 16.9 Å². The Balaban J connectivity index is 1.98. The smallest absolute Gasteiger partial charge is 0.122 e. The highest BCUT2D eigenvalue weighted by molar-refractivity contribution is 5.40. The fraction of sp³-hybridized carbons (Fsp3) is 0.316. The normalized spacial score (nSPS) is 11.7. The molecule has 108 valence electrons. The molecule has 1 unspecified atom stereocenters. The summed E-state index contributed by atoms with van der Waals surface area (Å²) in [6, 6.07) is 16.5. The van der Waals surface area contributed by atoms with Gasteiger partial charge in [0.05, 0.1) is 18.6 Å². The first-order chi connectivity index (χ1) is 10.1. The van der Waals surface area contributed by atoms with Crippen molar-refractivity contribution in [2.24, 2.45) is 0 Å². The Kier molecular flexibility index (Phi) is 5.00. The van der Waals surface area contributed by atoms with Crippen molar-refractivity contribution in [1.82, 2.24) is 0 Å². The Bertz CT molecular complexity index is 641. The van der Waals surface area contributed by atoms with Crippen molar-refractivity contribution >= 4 is 0 Å². The molecule has 2 nitrogen and oxygen atoms in total. The van der Waals surface area contributed by atoms with Crippen LogP contribution in [-0.4, -0.2) is 6.61 Å². The van der Waals surface area contributed by atoms with Gasteiger partial charge in [-0.05, 0) is 49.1 Å². The van der Waals surface area contributed by atoms with E-state index in [0.29, 0.717) is 13.0 Å². The zero-order valence-electron chi connectivity index (χ0n) is 12.9. The lowest BCUT2D eigenvalue weighted by molar-refractivity contribution is 0.303. The van der Waals surface area contributed by atoms with E-state index in [1.165, 1.54) is 11.1 Å². The highest BCUT2D eigenvalue weighted by atomic mass is 16.5. The Morgan fingerprint density at radius 1 is 1.00 bits per heavy atom. The second-order valence-corrected chi connectivity index (χ2v) is 5.43. The first-order valence-corrected chi connectivity index (χ1v) is 7.27. The van der Waals surface area contributed by atoms with Crippen LogP contribution in [0.3, 0.4) is 0 Å². The van der Waals surface area contributed by atoms with Gasteiger partial charge in [0, 0.05) is 6.42 Å². The largest absolute Gasteiger partial charge is 0.493 e. The number of ether oxygens (including phenoxy) is 1. The summed E-state index contributed by atoms with van der Waals surface area (Å²) in [5.41, 5.74) is 4.71. The van der Waals surface area contributed by atoms with E-state index in [1.807, 2.05) is 30.3 Å². The van der Waals surface area contributed by atoms with Crippen LogP contribution in [0.25, 0.3) is 0 Å². The molecule has 0 heterocycles. The van der Waals surface area contributed by atoms with Gasteiger partial charge in [-0.1, -0.05) is 36.4 Å². The molecular formula is C19H21NO. The van der Waals surface area contributed by atoms with Gasteiger partial charge in [0.1, 0.15) is 5.75 Å². The maximum Gasteiger partial charge on any atom is 0.122 e. The van der Waals surface area contributed by atoms with Gasteiger partial charge in [-0.15, -0.1) is 0 Å². The molecule has 1 atom stereocenters. The Labute approximate surface area is 127 Å². The summed E-state index contributed by atoms with van der Waals surface area (Å²) in [4.78, 5) is 0. The van der Waals surface area contributed by atoms with Crippen LogP contribution >= 0.6 is 0 Å². The molecule has 0 aromatic heterocycles. The molecule has 2 aromatic carbocycles. The first kappa shape index (κ1) is 15.1. The topological polar surface area (TPSA) is 33.0 Å². The van der Waals surface area contributed by atoms with Gasteiger partial charge in [-0.2, -0.15) is 5.26 Å². The molecule has 0 radical (unpaired) electrons. The first-order valence-electron chi connectivity index (χ1n) is 7.27. The van der Waals surface area contributed by atoms with Crippen molar-refractivity contribution < 1.29 is 4.74 Å². The van der Waals surface area contributed by atoms with Gasteiger partial charge in [-0.25, -0.2) is 0 Å². The van der Waals surface area contributed by atoms with Crippen LogP contribution in [0.4, 0.5) is 0 Å². The van der Waals surface area contributed by atoms with Crippen LogP contribution < -0.4 is 4.74 Å².